The van der Waals surface area contributed by atoms with E-state index in [0.29, 0.717) is 29.8 Å². The Kier molecular flexibility index (Phi) is 5.15. The number of phenols is 1. The normalized spacial score (nSPS) is 16.8. The Balaban J connectivity index is 1.79. The van der Waals surface area contributed by atoms with Gasteiger partial charge in [0.15, 0.2) is 0 Å². The standard InChI is InChI=1S/C19H18N2O3S/c1-2-24-19(23)14-6-4-13(5-7-14)18-21-16(11-25-18)15-9-12(10-20)3-8-17(15)22/h3-4,8-9,11,14,22H,2,5-7H2,1H3. The molecule has 0 saturated carbocycles. The van der Waals surface area contributed by atoms with Crippen molar-refractivity contribution in [2.45, 2.75) is 26.2 Å². The molecule has 1 aromatic heterocycles. The van der Waals surface area contributed by atoms with Crippen LogP contribution in [0, 0.1) is 17.2 Å². The molecule has 1 aliphatic rings. The van der Waals surface area contributed by atoms with Gasteiger partial charge in [0.05, 0.1) is 29.9 Å². The van der Waals surface area contributed by atoms with Crippen LogP contribution in [0.15, 0.2) is 29.7 Å². The molecule has 0 radical (unpaired) electrons. The van der Waals surface area contributed by atoms with Crippen LogP contribution in [-0.2, 0) is 9.53 Å². The van der Waals surface area contributed by atoms with E-state index in [1.807, 2.05) is 12.3 Å². The van der Waals surface area contributed by atoms with Crippen LogP contribution in [0.5, 0.6) is 5.75 Å². The van der Waals surface area contributed by atoms with E-state index in [4.69, 9.17) is 10.00 Å². The Hall–Kier alpha value is -2.65. The molecular formula is C19H18N2O3S. The lowest BCUT2D eigenvalue weighted by molar-refractivity contribution is -0.148. The number of aromatic nitrogens is 1. The lowest BCUT2D eigenvalue weighted by Crippen LogP contribution is -2.19. The highest BCUT2D eigenvalue weighted by Crippen LogP contribution is 2.36. The van der Waals surface area contributed by atoms with Gasteiger partial charge in [0.25, 0.3) is 0 Å². The van der Waals surface area contributed by atoms with Crippen molar-refractivity contribution in [2.75, 3.05) is 6.61 Å². The van der Waals surface area contributed by atoms with E-state index in [1.54, 1.807) is 12.1 Å². The molecule has 1 aliphatic carbocycles. The molecular weight excluding hydrogens is 336 g/mol. The fourth-order valence-corrected chi connectivity index (χ4v) is 3.75. The van der Waals surface area contributed by atoms with Crippen LogP contribution in [0.25, 0.3) is 16.8 Å². The Bertz CT molecular complexity index is 864. The summed E-state index contributed by atoms with van der Waals surface area (Å²) in [6, 6.07) is 6.79. The summed E-state index contributed by atoms with van der Waals surface area (Å²) in [6.45, 7) is 2.23. The van der Waals surface area contributed by atoms with Crippen LogP contribution in [0.3, 0.4) is 0 Å². The number of nitriles is 1. The van der Waals surface area contributed by atoms with Crippen molar-refractivity contribution in [2.24, 2.45) is 5.92 Å². The van der Waals surface area contributed by atoms with Gasteiger partial charge >= 0.3 is 5.97 Å². The van der Waals surface area contributed by atoms with E-state index >= 15 is 0 Å². The van der Waals surface area contributed by atoms with Crippen LogP contribution in [0.1, 0.15) is 36.8 Å². The molecule has 1 heterocycles. The van der Waals surface area contributed by atoms with Gasteiger partial charge in [-0.05, 0) is 50.0 Å². The number of thiazole rings is 1. The maximum atomic E-state index is 11.8. The molecule has 0 saturated heterocycles. The molecule has 25 heavy (non-hydrogen) atoms. The highest BCUT2D eigenvalue weighted by molar-refractivity contribution is 7.11. The van der Waals surface area contributed by atoms with Crippen molar-refractivity contribution >= 4 is 22.9 Å². The minimum absolute atomic E-state index is 0.0699. The smallest absolute Gasteiger partial charge is 0.309 e. The van der Waals surface area contributed by atoms with Crippen molar-refractivity contribution in [3.8, 4) is 23.1 Å². The highest BCUT2D eigenvalue weighted by atomic mass is 32.1. The van der Waals surface area contributed by atoms with E-state index in [2.05, 4.69) is 17.1 Å². The molecule has 1 N–H and O–H groups in total. The maximum Gasteiger partial charge on any atom is 0.309 e. The second kappa shape index (κ2) is 7.49. The number of hydrogen-bond acceptors (Lipinski definition) is 6. The van der Waals surface area contributed by atoms with E-state index in [9.17, 15) is 9.90 Å². The van der Waals surface area contributed by atoms with Crippen LogP contribution in [0.2, 0.25) is 0 Å². The summed E-state index contributed by atoms with van der Waals surface area (Å²) in [5.41, 5.74) is 2.81. The lowest BCUT2D eigenvalue weighted by atomic mass is 9.90. The van der Waals surface area contributed by atoms with Crippen molar-refractivity contribution in [1.29, 1.82) is 5.26 Å². The van der Waals surface area contributed by atoms with Gasteiger partial charge in [-0.3, -0.25) is 4.79 Å². The molecule has 1 aromatic carbocycles. The van der Waals surface area contributed by atoms with E-state index < -0.39 is 0 Å². The summed E-state index contributed by atoms with van der Waals surface area (Å²) in [5, 5.41) is 21.8. The first-order valence-corrected chi connectivity index (χ1v) is 9.05. The molecule has 3 rings (SSSR count). The van der Waals surface area contributed by atoms with Gasteiger partial charge < -0.3 is 9.84 Å². The molecule has 5 nitrogen and oxygen atoms in total. The maximum absolute atomic E-state index is 11.8. The van der Waals surface area contributed by atoms with Gasteiger partial charge in [-0.15, -0.1) is 11.3 Å². The number of carbonyl (C=O) groups excluding carboxylic acids is 1. The Morgan fingerprint density at radius 3 is 3.04 bits per heavy atom. The van der Waals surface area contributed by atoms with Crippen molar-refractivity contribution < 1.29 is 14.6 Å². The summed E-state index contributed by atoms with van der Waals surface area (Å²) in [5.74, 6) is -0.0915. The van der Waals surface area contributed by atoms with Crippen molar-refractivity contribution in [3.63, 3.8) is 0 Å². The monoisotopic (exact) mass is 354 g/mol. The van der Waals surface area contributed by atoms with Gasteiger partial charge in [-0.25, -0.2) is 4.98 Å². The third-order valence-corrected chi connectivity index (χ3v) is 5.13. The highest BCUT2D eigenvalue weighted by Gasteiger charge is 2.24. The molecule has 0 bridgehead atoms. The van der Waals surface area contributed by atoms with Gasteiger partial charge in [0.2, 0.25) is 0 Å². The number of phenolic OH excluding ortho intramolecular Hbond substituents is 1. The number of esters is 1. The summed E-state index contributed by atoms with van der Waals surface area (Å²) in [7, 11) is 0. The molecule has 128 valence electrons. The van der Waals surface area contributed by atoms with E-state index in [-0.39, 0.29) is 17.6 Å². The quantitative estimate of drug-likeness (QED) is 0.835. The van der Waals surface area contributed by atoms with Crippen LogP contribution >= 0.6 is 11.3 Å². The van der Waals surface area contributed by atoms with E-state index in [0.717, 1.165) is 23.4 Å². The van der Waals surface area contributed by atoms with Gasteiger partial charge in [-0.2, -0.15) is 5.26 Å². The third kappa shape index (κ3) is 3.72. The lowest BCUT2D eigenvalue weighted by Gasteiger charge is -2.19. The molecule has 0 amide bonds. The molecule has 2 aromatic rings. The Morgan fingerprint density at radius 1 is 1.52 bits per heavy atom. The fraction of sp³-hybridized carbons (Fsp3) is 0.316. The first-order chi connectivity index (χ1) is 12.1. The predicted octanol–water partition coefficient (Wildman–Crippen LogP) is 4.13. The first kappa shape index (κ1) is 17.2. The van der Waals surface area contributed by atoms with Crippen molar-refractivity contribution in [3.05, 3.63) is 40.2 Å². The number of nitrogens with zero attached hydrogens (tertiary/aromatic N) is 2. The SMILES string of the molecule is CCOC(=O)C1CC=C(c2nc(-c3cc(C#N)ccc3O)cs2)CC1. The first-order valence-electron chi connectivity index (χ1n) is 8.17. The summed E-state index contributed by atoms with van der Waals surface area (Å²) in [4.78, 5) is 16.4. The number of ether oxygens (including phenoxy) is 1. The third-order valence-electron chi connectivity index (χ3n) is 4.21. The molecule has 0 fully saturated rings. The van der Waals surface area contributed by atoms with E-state index in [1.165, 1.54) is 17.4 Å². The van der Waals surface area contributed by atoms with Crippen LogP contribution < -0.4 is 0 Å². The average Bonchev–Trinajstić information content (AvgIpc) is 3.12. The zero-order chi connectivity index (χ0) is 17.8. The zero-order valence-corrected chi connectivity index (χ0v) is 14.7. The Labute approximate surface area is 150 Å². The van der Waals surface area contributed by atoms with Gasteiger partial charge in [-0.1, -0.05) is 6.08 Å². The number of carbonyl (C=O) groups is 1. The number of allylic oxidation sites excluding steroid dienone is 2. The van der Waals surface area contributed by atoms with Gasteiger partial charge in [0.1, 0.15) is 10.8 Å². The number of benzene rings is 1. The summed E-state index contributed by atoms with van der Waals surface area (Å²) in [6.07, 6.45) is 4.26. The number of rotatable bonds is 4. The topological polar surface area (TPSA) is 83.2 Å². The second-order valence-electron chi connectivity index (χ2n) is 5.83. The molecule has 6 heteroatoms. The summed E-state index contributed by atoms with van der Waals surface area (Å²) < 4.78 is 5.08. The Morgan fingerprint density at radius 2 is 2.36 bits per heavy atom. The summed E-state index contributed by atoms with van der Waals surface area (Å²) >= 11 is 1.50. The predicted molar refractivity (Wildman–Crippen MR) is 95.9 cm³/mol. The largest absolute Gasteiger partial charge is 0.507 e. The molecule has 0 spiro atoms. The molecule has 1 atom stereocenters. The van der Waals surface area contributed by atoms with Crippen LogP contribution in [-0.4, -0.2) is 22.7 Å². The minimum Gasteiger partial charge on any atom is -0.507 e. The second-order valence-corrected chi connectivity index (χ2v) is 6.69. The molecule has 0 aliphatic heterocycles. The van der Waals surface area contributed by atoms with Crippen molar-refractivity contribution in [1.82, 2.24) is 4.98 Å². The van der Waals surface area contributed by atoms with Crippen LogP contribution in [0.4, 0.5) is 0 Å². The molecule has 1 unspecified atom stereocenters. The fourth-order valence-electron chi connectivity index (χ4n) is 2.86. The zero-order valence-electron chi connectivity index (χ0n) is 13.9. The van der Waals surface area contributed by atoms with Gasteiger partial charge in [0, 0.05) is 10.9 Å². The number of aromatic hydroxyl groups is 1. The minimum atomic E-state index is -0.129. The number of hydrogen-bond donors (Lipinski definition) is 1. The average molecular weight is 354 g/mol.